The van der Waals surface area contributed by atoms with Crippen LogP contribution in [0.1, 0.15) is 52.4 Å². The number of hydrogen-bond donors (Lipinski definition) is 4. The number of unbranched alkanes of at least 4 members (excludes halogenated alkanes) is 3. The van der Waals surface area contributed by atoms with E-state index in [0.29, 0.717) is 12.3 Å². The highest BCUT2D eigenvalue weighted by molar-refractivity contribution is 5.76. The van der Waals surface area contributed by atoms with Crippen molar-refractivity contribution >= 4 is 11.9 Å². The Bertz CT molecular complexity index is 427. The van der Waals surface area contributed by atoms with Crippen LogP contribution in [0.4, 0.5) is 0 Å². The normalized spacial score (nSPS) is 29.6. The van der Waals surface area contributed by atoms with E-state index >= 15 is 0 Å². The third-order valence-electron chi connectivity index (χ3n) is 4.34. The van der Waals surface area contributed by atoms with Gasteiger partial charge in [0.1, 0.15) is 18.2 Å². The number of aliphatic carboxylic acids is 1. The highest BCUT2D eigenvalue weighted by Gasteiger charge is 2.48. The van der Waals surface area contributed by atoms with Crippen LogP contribution < -0.4 is 5.32 Å². The van der Waals surface area contributed by atoms with Gasteiger partial charge in [-0.15, -0.1) is 0 Å². The predicted octanol–water partition coefficient (Wildman–Crippen LogP) is 0.645. The van der Waals surface area contributed by atoms with Crippen LogP contribution >= 0.6 is 0 Å². The van der Waals surface area contributed by atoms with Crippen LogP contribution in [0, 0.1) is 5.92 Å². The van der Waals surface area contributed by atoms with Gasteiger partial charge in [0.15, 0.2) is 12.4 Å². The summed E-state index contributed by atoms with van der Waals surface area (Å²) in [6.07, 6.45) is -0.533. The van der Waals surface area contributed by atoms with E-state index in [4.69, 9.17) is 14.6 Å². The average molecular weight is 361 g/mol. The van der Waals surface area contributed by atoms with Gasteiger partial charge >= 0.3 is 5.97 Å². The molecule has 4 N–H and O–H groups in total. The van der Waals surface area contributed by atoms with Gasteiger partial charge in [-0.1, -0.05) is 39.5 Å². The Morgan fingerprint density at radius 1 is 1.12 bits per heavy atom. The highest BCUT2D eigenvalue weighted by atomic mass is 16.7. The predicted molar refractivity (Wildman–Crippen MR) is 89.8 cm³/mol. The van der Waals surface area contributed by atoms with Crippen LogP contribution in [-0.4, -0.2) is 64.9 Å². The fraction of sp³-hybridized carbons (Fsp3) is 0.882. The molecule has 1 fully saturated rings. The van der Waals surface area contributed by atoms with Gasteiger partial charge in [-0.2, -0.15) is 0 Å². The second-order valence-corrected chi connectivity index (χ2v) is 6.92. The van der Waals surface area contributed by atoms with Crippen LogP contribution in [0.15, 0.2) is 0 Å². The molecule has 8 heteroatoms. The number of methoxy groups -OCH3 is 1. The molecule has 8 nitrogen and oxygen atoms in total. The topological polar surface area (TPSA) is 125 Å². The monoisotopic (exact) mass is 361 g/mol. The van der Waals surface area contributed by atoms with Gasteiger partial charge in [0, 0.05) is 13.5 Å². The molecular formula is C17H31NO7. The second-order valence-electron chi connectivity index (χ2n) is 6.92. The zero-order valence-electron chi connectivity index (χ0n) is 15.2. The Kier molecular flexibility index (Phi) is 9.34. The fourth-order valence-electron chi connectivity index (χ4n) is 2.87. The summed E-state index contributed by atoms with van der Waals surface area (Å²) in [7, 11) is 1.28. The Morgan fingerprint density at radius 3 is 2.32 bits per heavy atom. The number of carboxylic acids is 1. The van der Waals surface area contributed by atoms with Crippen molar-refractivity contribution in [2.45, 2.75) is 83.0 Å². The number of carbonyl (C=O) groups is 2. The van der Waals surface area contributed by atoms with Crippen LogP contribution in [0.3, 0.4) is 0 Å². The Balaban J connectivity index is 2.42. The Morgan fingerprint density at radius 2 is 1.76 bits per heavy atom. The first kappa shape index (κ1) is 21.8. The standard InChI is InChI=1S/C17H31NO7/c1-10(2)8-6-4-5-7-9-11(19)18-12-13(20)14(21)15(16(22)23)25-17(12)24-3/h10,12-15,17,20-21H,4-9H2,1-3H3,(H,18,19)(H,22,23). The number of carbonyl (C=O) groups excluding carboxylic acids is 1. The maximum Gasteiger partial charge on any atom is 0.335 e. The van der Waals surface area contributed by atoms with Crippen molar-refractivity contribution in [2.75, 3.05) is 7.11 Å². The van der Waals surface area contributed by atoms with Gasteiger partial charge in [0.05, 0.1) is 0 Å². The fourth-order valence-corrected chi connectivity index (χ4v) is 2.87. The molecule has 0 aromatic heterocycles. The molecule has 0 bridgehead atoms. The van der Waals surface area contributed by atoms with Crippen molar-refractivity contribution in [3.8, 4) is 0 Å². The molecule has 146 valence electrons. The van der Waals surface area contributed by atoms with Crippen LogP contribution in [-0.2, 0) is 19.1 Å². The second kappa shape index (κ2) is 10.7. The molecule has 0 spiro atoms. The van der Waals surface area contributed by atoms with E-state index in [2.05, 4.69) is 19.2 Å². The van der Waals surface area contributed by atoms with E-state index in [1.165, 1.54) is 13.5 Å². The Hall–Kier alpha value is -1.22. The van der Waals surface area contributed by atoms with Crippen LogP contribution in [0.25, 0.3) is 0 Å². The van der Waals surface area contributed by atoms with E-state index < -0.39 is 36.6 Å². The van der Waals surface area contributed by atoms with E-state index in [1.807, 2.05) is 0 Å². The summed E-state index contributed by atoms with van der Waals surface area (Å²) in [5.41, 5.74) is 0. The zero-order valence-corrected chi connectivity index (χ0v) is 15.2. The maximum absolute atomic E-state index is 12.1. The van der Waals surface area contributed by atoms with Crippen LogP contribution in [0.2, 0.25) is 0 Å². The van der Waals surface area contributed by atoms with Gasteiger partial charge < -0.3 is 30.1 Å². The molecule has 1 rings (SSSR count). The number of aliphatic hydroxyl groups is 2. The molecule has 1 amide bonds. The van der Waals surface area contributed by atoms with Gasteiger partial charge in [0.25, 0.3) is 0 Å². The van der Waals surface area contributed by atoms with Crippen molar-refractivity contribution in [3.05, 3.63) is 0 Å². The molecule has 1 aliphatic heterocycles. The van der Waals surface area contributed by atoms with E-state index in [9.17, 15) is 19.8 Å². The smallest absolute Gasteiger partial charge is 0.335 e. The molecule has 25 heavy (non-hydrogen) atoms. The van der Waals surface area contributed by atoms with Crippen molar-refractivity contribution in [1.82, 2.24) is 5.32 Å². The molecule has 1 saturated heterocycles. The number of rotatable bonds is 10. The minimum Gasteiger partial charge on any atom is -0.479 e. The maximum atomic E-state index is 12.1. The summed E-state index contributed by atoms with van der Waals surface area (Å²) < 4.78 is 10.1. The lowest BCUT2D eigenvalue weighted by atomic mass is 9.96. The van der Waals surface area contributed by atoms with Crippen molar-refractivity contribution in [1.29, 1.82) is 0 Å². The number of hydrogen-bond acceptors (Lipinski definition) is 6. The molecule has 5 atom stereocenters. The quantitative estimate of drug-likeness (QED) is 0.421. The highest BCUT2D eigenvalue weighted by Crippen LogP contribution is 2.22. The third-order valence-corrected chi connectivity index (χ3v) is 4.34. The minimum atomic E-state index is -1.65. The first-order valence-electron chi connectivity index (χ1n) is 8.84. The van der Waals surface area contributed by atoms with Crippen molar-refractivity contribution in [2.24, 2.45) is 5.92 Å². The molecule has 0 radical (unpaired) electrons. The van der Waals surface area contributed by atoms with Crippen molar-refractivity contribution < 1.29 is 34.4 Å². The largest absolute Gasteiger partial charge is 0.479 e. The van der Waals surface area contributed by atoms with E-state index in [0.717, 1.165) is 25.7 Å². The van der Waals surface area contributed by atoms with Gasteiger partial charge in [-0.3, -0.25) is 4.79 Å². The summed E-state index contributed by atoms with van der Waals surface area (Å²) >= 11 is 0. The van der Waals surface area contributed by atoms with E-state index in [-0.39, 0.29) is 5.91 Å². The summed E-state index contributed by atoms with van der Waals surface area (Å²) in [4.78, 5) is 23.1. The SMILES string of the molecule is COC1OC(C(=O)O)C(O)C(O)C1NC(=O)CCCCCCC(C)C. The number of amides is 1. The summed E-state index contributed by atoms with van der Waals surface area (Å²) in [5.74, 6) is -1.01. The lowest BCUT2D eigenvalue weighted by molar-refractivity contribution is -0.257. The molecule has 5 unspecified atom stereocenters. The molecule has 0 aromatic carbocycles. The molecular weight excluding hydrogens is 330 g/mol. The number of carboxylic acid groups (broad SMARTS) is 1. The molecule has 1 heterocycles. The van der Waals surface area contributed by atoms with Gasteiger partial charge in [0.2, 0.25) is 5.91 Å². The number of ether oxygens (including phenoxy) is 2. The van der Waals surface area contributed by atoms with Crippen LogP contribution in [0.5, 0.6) is 0 Å². The van der Waals surface area contributed by atoms with Crippen molar-refractivity contribution in [3.63, 3.8) is 0 Å². The van der Waals surface area contributed by atoms with Gasteiger partial charge in [-0.25, -0.2) is 4.79 Å². The first-order chi connectivity index (χ1) is 11.8. The molecule has 0 aromatic rings. The average Bonchev–Trinajstić information content (AvgIpc) is 2.54. The summed E-state index contributed by atoms with van der Waals surface area (Å²) in [5, 5.41) is 31.5. The molecule has 0 saturated carbocycles. The van der Waals surface area contributed by atoms with E-state index in [1.54, 1.807) is 0 Å². The summed E-state index contributed by atoms with van der Waals surface area (Å²) in [6, 6.07) is -1.02. The summed E-state index contributed by atoms with van der Waals surface area (Å²) in [6.45, 7) is 4.36. The lowest BCUT2D eigenvalue weighted by Gasteiger charge is -2.40. The molecule has 1 aliphatic rings. The minimum absolute atomic E-state index is 0.291. The molecule has 0 aliphatic carbocycles. The first-order valence-corrected chi connectivity index (χ1v) is 8.84. The van der Waals surface area contributed by atoms with Gasteiger partial charge in [-0.05, 0) is 12.3 Å². The zero-order chi connectivity index (χ0) is 19.0. The third kappa shape index (κ3) is 6.89. The lowest BCUT2D eigenvalue weighted by Crippen LogP contribution is -2.65. The number of nitrogens with one attached hydrogen (secondary N) is 1. The number of aliphatic hydroxyl groups excluding tert-OH is 2. The Labute approximate surface area is 148 Å².